The fraction of sp³-hybridized carbons (Fsp3) is 0.333. The van der Waals surface area contributed by atoms with Gasteiger partial charge in [0.25, 0.3) is 0 Å². The molecule has 5 N–H and O–H groups in total. The molecule has 0 fully saturated rings. The lowest BCUT2D eigenvalue weighted by Crippen LogP contribution is -2.27. The highest BCUT2D eigenvalue weighted by atomic mass is 35.5. The summed E-state index contributed by atoms with van der Waals surface area (Å²) in [6.07, 6.45) is 0.0675. The zero-order chi connectivity index (χ0) is 14.7. The van der Waals surface area contributed by atoms with Crippen LogP contribution in [0.5, 0.6) is 0 Å². The Balaban J connectivity index is 2.74. The third kappa shape index (κ3) is 5.33. The second-order valence-corrected chi connectivity index (χ2v) is 7.68. The Bertz CT molecular complexity index is 658. The first kappa shape index (κ1) is 16.2. The third-order valence-electron chi connectivity index (χ3n) is 2.14. The van der Waals surface area contributed by atoms with Crippen LogP contribution in [0.4, 0.5) is 5.69 Å². The zero-order valence-corrected chi connectivity index (χ0v) is 12.2. The number of nitrogens with one attached hydrogen (secondary N) is 1. The van der Waals surface area contributed by atoms with Gasteiger partial charge in [0.2, 0.25) is 20.0 Å². The summed E-state index contributed by atoms with van der Waals surface area (Å²) in [6.45, 7) is -0.0656. The van der Waals surface area contributed by atoms with Gasteiger partial charge in [-0.05, 0) is 24.6 Å². The molecule has 1 rings (SSSR count). The molecule has 0 aliphatic carbocycles. The van der Waals surface area contributed by atoms with E-state index >= 15 is 0 Å². The first-order valence-corrected chi connectivity index (χ1v) is 8.75. The summed E-state index contributed by atoms with van der Waals surface area (Å²) in [5, 5.41) is 4.83. The van der Waals surface area contributed by atoms with E-state index in [1.165, 1.54) is 18.2 Å². The first-order chi connectivity index (χ1) is 8.62. The van der Waals surface area contributed by atoms with Crippen molar-refractivity contribution >= 4 is 37.3 Å². The van der Waals surface area contributed by atoms with Crippen LogP contribution in [0.25, 0.3) is 0 Å². The number of hydrogen-bond acceptors (Lipinski definition) is 5. The molecule has 0 aromatic heterocycles. The monoisotopic (exact) mass is 327 g/mol. The number of benzene rings is 1. The van der Waals surface area contributed by atoms with Gasteiger partial charge in [0, 0.05) is 12.2 Å². The number of rotatable bonds is 6. The van der Waals surface area contributed by atoms with Crippen molar-refractivity contribution in [2.45, 2.75) is 11.3 Å². The minimum Gasteiger partial charge on any atom is -0.399 e. The molecule has 0 aliphatic rings. The van der Waals surface area contributed by atoms with Crippen molar-refractivity contribution in [3.63, 3.8) is 0 Å². The van der Waals surface area contributed by atoms with Gasteiger partial charge in [0.1, 0.15) is 4.90 Å². The topological polar surface area (TPSA) is 132 Å². The first-order valence-electron chi connectivity index (χ1n) is 5.17. The van der Waals surface area contributed by atoms with Crippen molar-refractivity contribution < 1.29 is 16.8 Å². The van der Waals surface area contributed by atoms with Gasteiger partial charge >= 0.3 is 0 Å². The van der Waals surface area contributed by atoms with E-state index in [1.807, 2.05) is 0 Å². The molecular formula is C9H14ClN3O4S2. The van der Waals surface area contributed by atoms with Gasteiger partial charge in [-0.2, -0.15) is 0 Å². The molecule has 0 radical (unpaired) electrons. The quantitative estimate of drug-likeness (QED) is 0.495. The summed E-state index contributed by atoms with van der Waals surface area (Å²) in [6, 6.07) is 4.07. The van der Waals surface area contributed by atoms with E-state index in [1.54, 1.807) is 0 Å². The molecule has 0 aliphatic heterocycles. The summed E-state index contributed by atoms with van der Waals surface area (Å²) in [4.78, 5) is -0.148. The molecule has 1 aromatic rings. The van der Waals surface area contributed by atoms with Crippen molar-refractivity contribution in [1.82, 2.24) is 4.72 Å². The van der Waals surface area contributed by atoms with Crippen molar-refractivity contribution in [3.8, 4) is 0 Å². The van der Waals surface area contributed by atoms with Gasteiger partial charge in [-0.15, -0.1) is 0 Å². The van der Waals surface area contributed by atoms with E-state index in [0.717, 1.165) is 0 Å². The van der Waals surface area contributed by atoms with Gasteiger partial charge < -0.3 is 5.73 Å². The number of hydrogen-bond donors (Lipinski definition) is 3. The predicted molar refractivity (Wildman–Crippen MR) is 73.6 cm³/mol. The van der Waals surface area contributed by atoms with Gasteiger partial charge in [0.05, 0.1) is 10.8 Å². The standard InChI is InChI=1S/C9H14ClN3O4S2/c10-8-3-2-7(11)6-9(8)19(16,17)13-4-1-5-18(12,14)15/h2-3,6,13H,1,4-5,11H2,(H2,12,14,15). The molecule has 0 bridgehead atoms. The molecule has 1 aromatic carbocycles. The number of nitrogens with two attached hydrogens (primary N) is 2. The molecule has 7 nitrogen and oxygen atoms in total. The molecule has 0 atom stereocenters. The Hall–Kier alpha value is -0.870. The highest BCUT2D eigenvalue weighted by Gasteiger charge is 2.17. The maximum Gasteiger partial charge on any atom is 0.242 e. The average molecular weight is 328 g/mol. The fourth-order valence-electron chi connectivity index (χ4n) is 1.28. The fourth-order valence-corrected chi connectivity index (χ4v) is 3.44. The normalized spacial score (nSPS) is 12.5. The van der Waals surface area contributed by atoms with E-state index in [-0.39, 0.29) is 34.3 Å². The van der Waals surface area contributed by atoms with Crippen LogP contribution < -0.4 is 15.6 Å². The summed E-state index contributed by atoms with van der Waals surface area (Å²) < 4.78 is 47.4. The van der Waals surface area contributed by atoms with Crippen LogP contribution in [0, 0.1) is 0 Å². The summed E-state index contributed by atoms with van der Waals surface area (Å²) in [5.74, 6) is -0.305. The Kier molecular flexibility index (Phi) is 5.16. The van der Waals surface area contributed by atoms with Crippen molar-refractivity contribution in [3.05, 3.63) is 23.2 Å². The number of anilines is 1. The molecule has 0 spiro atoms. The van der Waals surface area contributed by atoms with Crippen LogP contribution in [0.15, 0.2) is 23.1 Å². The lowest BCUT2D eigenvalue weighted by Gasteiger charge is -2.08. The van der Waals surface area contributed by atoms with Gasteiger partial charge in [-0.3, -0.25) is 0 Å². The molecule has 0 amide bonds. The third-order valence-corrected chi connectivity index (χ3v) is 4.94. The smallest absolute Gasteiger partial charge is 0.242 e. The van der Waals surface area contributed by atoms with Gasteiger partial charge in [0.15, 0.2) is 0 Å². The van der Waals surface area contributed by atoms with E-state index in [4.69, 9.17) is 22.5 Å². The Morgan fingerprint density at radius 1 is 1.21 bits per heavy atom. The molecule has 0 unspecified atom stereocenters. The lowest BCUT2D eigenvalue weighted by molar-refractivity contribution is 0.576. The van der Waals surface area contributed by atoms with Crippen molar-refractivity contribution in [2.24, 2.45) is 5.14 Å². The molecule has 10 heteroatoms. The number of nitrogen functional groups attached to an aromatic ring is 1. The lowest BCUT2D eigenvalue weighted by atomic mass is 10.3. The highest BCUT2D eigenvalue weighted by Crippen LogP contribution is 2.23. The minimum absolute atomic E-state index is 0.0353. The van der Waals surface area contributed by atoms with Crippen LogP contribution in [0.1, 0.15) is 6.42 Å². The van der Waals surface area contributed by atoms with Crippen LogP contribution in [-0.4, -0.2) is 29.1 Å². The van der Waals surface area contributed by atoms with Crippen LogP contribution in [0.2, 0.25) is 5.02 Å². The summed E-state index contributed by atoms with van der Waals surface area (Å²) >= 11 is 5.78. The zero-order valence-electron chi connectivity index (χ0n) is 9.84. The molecule has 0 saturated carbocycles. The Morgan fingerprint density at radius 3 is 2.42 bits per heavy atom. The predicted octanol–water partition coefficient (Wildman–Crippen LogP) is -0.121. The van der Waals surface area contributed by atoms with Crippen LogP contribution in [0.3, 0.4) is 0 Å². The van der Waals surface area contributed by atoms with Crippen molar-refractivity contribution in [2.75, 3.05) is 18.0 Å². The largest absolute Gasteiger partial charge is 0.399 e. The molecular weight excluding hydrogens is 314 g/mol. The maximum atomic E-state index is 11.9. The summed E-state index contributed by atoms with van der Waals surface area (Å²) in [5.41, 5.74) is 5.75. The van der Waals surface area contributed by atoms with Gasteiger partial charge in [-0.25, -0.2) is 26.7 Å². The molecule has 108 valence electrons. The highest BCUT2D eigenvalue weighted by molar-refractivity contribution is 7.89. The average Bonchev–Trinajstić information content (AvgIpc) is 2.26. The van der Waals surface area contributed by atoms with Crippen LogP contribution >= 0.6 is 11.6 Å². The van der Waals surface area contributed by atoms with Crippen molar-refractivity contribution in [1.29, 1.82) is 0 Å². The molecule has 0 heterocycles. The summed E-state index contributed by atoms with van der Waals surface area (Å²) in [7, 11) is -7.43. The minimum atomic E-state index is -3.83. The molecule has 19 heavy (non-hydrogen) atoms. The number of sulfonamides is 2. The molecule has 0 saturated heterocycles. The Labute approximate surface area is 117 Å². The van der Waals surface area contributed by atoms with Crippen LogP contribution in [-0.2, 0) is 20.0 Å². The number of halogens is 1. The number of primary sulfonamides is 1. The SMILES string of the molecule is Nc1ccc(Cl)c(S(=O)(=O)NCCCS(N)(=O)=O)c1. The van der Waals surface area contributed by atoms with E-state index in [2.05, 4.69) is 4.72 Å². The Morgan fingerprint density at radius 2 is 1.84 bits per heavy atom. The van der Waals surface area contributed by atoms with E-state index in [0.29, 0.717) is 0 Å². The van der Waals surface area contributed by atoms with E-state index < -0.39 is 20.0 Å². The maximum absolute atomic E-state index is 11.9. The second kappa shape index (κ2) is 6.06. The second-order valence-electron chi connectivity index (χ2n) is 3.81. The van der Waals surface area contributed by atoms with E-state index in [9.17, 15) is 16.8 Å². The van der Waals surface area contributed by atoms with Gasteiger partial charge in [-0.1, -0.05) is 11.6 Å².